The minimum atomic E-state index is -0.410. The van der Waals surface area contributed by atoms with E-state index in [-0.39, 0.29) is 12.2 Å². The number of allylic oxidation sites excluding steroid dienone is 1. The molecule has 12 heavy (non-hydrogen) atoms. The third-order valence-corrected chi connectivity index (χ3v) is 1.34. The zero-order valence-corrected chi connectivity index (χ0v) is 7.72. The monoisotopic (exact) mass is 170 g/mol. The summed E-state index contributed by atoms with van der Waals surface area (Å²) < 4.78 is 4.51. The molecule has 0 radical (unpaired) electrons. The fraction of sp³-hybridized carbons (Fsp3) is 0.556. The van der Waals surface area contributed by atoms with Gasteiger partial charge < -0.3 is 4.74 Å². The van der Waals surface area contributed by atoms with Crippen molar-refractivity contribution in [1.29, 1.82) is 0 Å². The van der Waals surface area contributed by atoms with E-state index in [0.29, 0.717) is 5.57 Å². The lowest BCUT2D eigenvalue weighted by molar-refractivity contribution is -0.137. The first kappa shape index (κ1) is 10.9. The molecular weight excluding hydrogens is 156 g/mol. The van der Waals surface area contributed by atoms with E-state index >= 15 is 0 Å². The maximum Gasteiger partial charge on any atom is 0.333 e. The maximum absolute atomic E-state index is 11.0. The quantitative estimate of drug-likeness (QED) is 0.474. The second-order valence-corrected chi connectivity index (χ2v) is 2.51. The van der Waals surface area contributed by atoms with Crippen molar-refractivity contribution in [2.45, 2.75) is 26.7 Å². The molecule has 0 N–H and O–H groups in total. The van der Waals surface area contributed by atoms with Crippen LogP contribution in [-0.2, 0) is 14.3 Å². The van der Waals surface area contributed by atoms with Gasteiger partial charge in [-0.25, -0.2) is 4.79 Å². The number of carbonyl (C=O) groups excluding carboxylic acids is 2. The number of methoxy groups -OCH3 is 1. The third kappa shape index (κ3) is 3.91. The number of esters is 1. The molecule has 0 unspecified atom stereocenters. The van der Waals surface area contributed by atoms with Gasteiger partial charge in [-0.1, -0.05) is 13.0 Å². The number of Topliss-reactive ketones (excluding diaryl/α,β-unsaturated/α-hetero) is 1. The van der Waals surface area contributed by atoms with E-state index in [2.05, 4.69) is 4.74 Å². The summed E-state index contributed by atoms with van der Waals surface area (Å²) in [5.74, 6) is -0.438. The van der Waals surface area contributed by atoms with Crippen LogP contribution >= 0.6 is 0 Å². The van der Waals surface area contributed by atoms with E-state index in [9.17, 15) is 9.59 Å². The number of carbonyl (C=O) groups is 2. The van der Waals surface area contributed by atoms with Gasteiger partial charge in [0.2, 0.25) is 0 Å². The summed E-state index contributed by atoms with van der Waals surface area (Å²) in [6.45, 7) is 3.36. The van der Waals surface area contributed by atoms with Gasteiger partial charge in [-0.15, -0.1) is 0 Å². The zero-order valence-electron chi connectivity index (χ0n) is 7.72. The number of hydrogen-bond acceptors (Lipinski definition) is 3. The third-order valence-electron chi connectivity index (χ3n) is 1.34. The number of hydrogen-bond donors (Lipinski definition) is 0. The molecule has 0 amide bonds. The number of ether oxygens (including phenoxy) is 1. The van der Waals surface area contributed by atoms with E-state index in [0.717, 1.165) is 6.42 Å². The molecule has 0 aliphatic carbocycles. The van der Waals surface area contributed by atoms with E-state index in [1.54, 1.807) is 6.08 Å². The SMILES string of the molecule is CC/C=C(\CC(C)=O)C(=O)OC. The standard InChI is InChI=1S/C9H14O3/c1-4-5-8(6-7(2)10)9(11)12-3/h5H,4,6H2,1-3H3/b8-5+. The lowest BCUT2D eigenvalue weighted by Gasteiger charge is -2.01. The van der Waals surface area contributed by atoms with Gasteiger partial charge in [-0.05, 0) is 13.3 Å². The molecule has 0 bridgehead atoms. The highest BCUT2D eigenvalue weighted by molar-refractivity contribution is 5.95. The molecule has 3 nitrogen and oxygen atoms in total. The lowest BCUT2D eigenvalue weighted by Crippen LogP contribution is -2.08. The molecular formula is C9H14O3. The van der Waals surface area contributed by atoms with Gasteiger partial charge in [-0.3, -0.25) is 4.79 Å². The van der Waals surface area contributed by atoms with Crippen LogP contribution in [0.1, 0.15) is 26.7 Å². The molecule has 0 rings (SSSR count). The second kappa shape index (κ2) is 5.52. The highest BCUT2D eigenvalue weighted by Crippen LogP contribution is 2.05. The average molecular weight is 170 g/mol. The van der Waals surface area contributed by atoms with Gasteiger partial charge in [0.1, 0.15) is 5.78 Å². The van der Waals surface area contributed by atoms with Crippen molar-refractivity contribution in [3.8, 4) is 0 Å². The van der Waals surface area contributed by atoms with Crippen LogP contribution in [0.4, 0.5) is 0 Å². The van der Waals surface area contributed by atoms with Crippen LogP contribution in [0.15, 0.2) is 11.6 Å². The highest BCUT2D eigenvalue weighted by atomic mass is 16.5. The first-order valence-corrected chi connectivity index (χ1v) is 3.88. The molecule has 0 heterocycles. The minimum Gasteiger partial charge on any atom is -0.466 e. The lowest BCUT2D eigenvalue weighted by atomic mass is 10.1. The molecule has 0 atom stereocenters. The Kier molecular flexibility index (Phi) is 5.00. The van der Waals surface area contributed by atoms with Crippen molar-refractivity contribution in [3.63, 3.8) is 0 Å². The van der Waals surface area contributed by atoms with Crippen molar-refractivity contribution in [3.05, 3.63) is 11.6 Å². The summed E-state index contributed by atoms with van der Waals surface area (Å²) in [7, 11) is 1.31. The van der Waals surface area contributed by atoms with Crippen LogP contribution in [-0.4, -0.2) is 18.9 Å². The van der Waals surface area contributed by atoms with Crippen molar-refractivity contribution >= 4 is 11.8 Å². The largest absolute Gasteiger partial charge is 0.466 e. The molecule has 0 aromatic heterocycles. The molecule has 68 valence electrons. The van der Waals surface area contributed by atoms with Gasteiger partial charge in [0.15, 0.2) is 0 Å². The van der Waals surface area contributed by atoms with Crippen molar-refractivity contribution in [2.75, 3.05) is 7.11 Å². The molecule has 0 aliphatic heterocycles. The predicted octanol–water partition coefficient (Wildman–Crippen LogP) is 1.47. The minimum absolute atomic E-state index is 0.0277. The summed E-state index contributed by atoms with van der Waals surface area (Å²) in [4.78, 5) is 21.7. The second-order valence-electron chi connectivity index (χ2n) is 2.51. The molecule has 0 aromatic carbocycles. The van der Waals surface area contributed by atoms with Gasteiger partial charge in [0, 0.05) is 12.0 Å². The van der Waals surface area contributed by atoms with Gasteiger partial charge in [0.05, 0.1) is 7.11 Å². The topological polar surface area (TPSA) is 43.4 Å². The Hall–Kier alpha value is -1.12. The maximum atomic E-state index is 11.0. The van der Waals surface area contributed by atoms with Crippen LogP contribution in [0.2, 0.25) is 0 Å². The van der Waals surface area contributed by atoms with Gasteiger partial charge in [0.25, 0.3) is 0 Å². The van der Waals surface area contributed by atoms with Gasteiger partial charge >= 0.3 is 5.97 Å². The molecule has 0 saturated carbocycles. The first-order valence-electron chi connectivity index (χ1n) is 3.88. The molecule has 0 aliphatic rings. The summed E-state index contributed by atoms with van der Waals surface area (Å²) in [6, 6.07) is 0. The van der Waals surface area contributed by atoms with Crippen LogP contribution in [0.25, 0.3) is 0 Å². The fourth-order valence-electron chi connectivity index (χ4n) is 0.873. The molecule has 0 saturated heterocycles. The predicted molar refractivity (Wildman–Crippen MR) is 45.7 cm³/mol. The van der Waals surface area contributed by atoms with E-state index < -0.39 is 5.97 Å². The van der Waals surface area contributed by atoms with Crippen molar-refractivity contribution in [1.82, 2.24) is 0 Å². The van der Waals surface area contributed by atoms with E-state index in [1.165, 1.54) is 14.0 Å². The number of rotatable bonds is 4. The molecule has 0 aromatic rings. The van der Waals surface area contributed by atoms with E-state index in [4.69, 9.17) is 0 Å². The Bertz CT molecular complexity index is 204. The number of ketones is 1. The Morgan fingerprint density at radius 2 is 2.00 bits per heavy atom. The van der Waals surface area contributed by atoms with Crippen LogP contribution in [0.5, 0.6) is 0 Å². The van der Waals surface area contributed by atoms with Crippen LogP contribution in [0, 0.1) is 0 Å². The summed E-state index contributed by atoms with van der Waals surface area (Å²) in [6.07, 6.45) is 2.62. The molecule has 3 heteroatoms. The summed E-state index contributed by atoms with van der Waals surface area (Å²) in [5.41, 5.74) is 0.451. The normalized spacial score (nSPS) is 11.1. The van der Waals surface area contributed by atoms with Gasteiger partial charge in [-0.2, -0.15) is 0 Å². The summed E-state index contributed by atoms with van der Waals surface area (Å²) in [5, 5.41) is 0. The Morgan fingerprint density at radius 3 is 2.33 bits per heavy atom. The Morgan fingerprint density at radius 1 is 1.42 bits per heavy atom. The Balaban J connectivity index is 4.34. The van der Waals surface area contributed by atoms with Crippen LogP contribution in [0.3, 0.4) is 0 Å². The zero-order chi connectivity index (χ0) is 9.56. The fourth-order valence-corrected chi connectivity index (χ4v) is 0.873. The smallest absolute Gasteiger partial charge is 0.333 e. The van der Waals surface area contributed by atoms with E-state index in [1.807, 2.05) is 6.92 Å². The summed E-state index contributed by atoms with van der Waals surface area (Å²) >= 11 is 0. The van der Waals surface area contributed by atoms with Crippen molar-refractivity contribution < 1.29 is 14.3 Å². The Labute approximate surface area is 72.4 Å². The molecule has 0 spiro atoms. The molecule has 0 fully saturated rings. The van der Waals surface area contributed by atoms with Crippen molar-refractivity contribution in [2.24, 2.45) is 0 Å². The van der Waals surface area contributed by atoms with Crippen LogP contribution < -0.4 is 0 Å². The first-order chi connectivity index (χ1) is 5.61. The average Bonchev–Trinajstić information content (AvgIpc) is 2.01. The highest BCUT2D eigenvalue weighted by Gasteiger charge is 2.10.